The van der Waals surface area contributed by atoms with Crippen LogP contribution in [0.25, 0.3) is 16.9 Å². The first-order valence-electron chi connectivity index (χ1n) is 9.73. The van der Waals surface area contributed by atoms with Crippen molar-refractivity contribution in [1.29, 1.82) is 0 Å². The van der Waals surface area contributed by atoms with Crippen molar-refractivity contribution >= 4 is 34.7 Å². The average Bonchev–Trinajstić information content (AvgIpc) is 3.33. The van der Waals surface area contributed by atoms with Crippen molar-refractivity contribution in [1.82, 2.24) is 14.3 Å². The molecule has 0 saturated carbocycles. The van der Waals surface area contributed by atoms with Crippen LogP contribution in [0, 0.1) is 13.8 Å². The molecule has 158 valence electrons. The second-order valence-electron chi connectivity index (χ2n) is 7.14. The number of aryl methyl sites for hydroxylation is 1. The van der Waals surface area contributed by atoms with Gasteiger partial charge in [-0.1, -0.05) is 59.8 Å². The highest BCUT2D eigenvalue weighted by Crippen LogP contribution is 2.28. The number of para-hydroxylation sites is 1. The third-order valence-corrected chi connectivity index (χ3v) is 7.00. The number of carbonyl (C=O) groups is 1. The fraction of sp³-hybridized carbons (Fsp3) is 0.174. The minimum absolute atomic E-state index is 0.181. The van der Waals surface area contributed by atoms with E-state index in [9.17, 15) is 9.59 Å². The van der Waals surface area contributed by atoms with Gasteiger partial charge in [-0.3, -0.25) is 14.3 Å². The van der Waals surface area contributed by atoms with Crippen LogP contribution in [0.5, 0.6) is 0 Å². The highest BCUT2D eigenvalue weighted by Gasteiger charge is 2.18. The highest BCUT2D eigenvalue weighted by atomic mass is 32.2. The predicted octanol–water partition coefficient (Wildman–Crippen LogP) is 4.65. The van der Waals surface area contributed by atoms with E-state index in [1.54, 1.807) is 16.4 Å². The third kappa shape index (κ3) is 4.50. The van der Waals surface area contributed by atoms with Gasteiger partial charge in [-0.2, -0.15) is 0 Å². The fourth-order valence-corrected chi connectivity index (χ4v) is 4.83. The second kappa shape index (κ2) is 8.95. The van der Waals surface area contributed by atoms with E-state index in [1.807, 2.05) is 61.7 Å². The van der Waals surface area contributed by atoms with Crippen molar-refractivity contribution in [3.8, 4) is 16.9 Å². The molecule has 0 bridgehead atoms. The number of carbonyl (C=O) groups excluding carboxylic acids is 1. The zero-order valence-electron chi connectivity index (χ0n) is 17.5. The zero-order chi connectivity index (χ0) is 22.0. The number of amides is 1. The van der Waals surface area contributed by atoms with Crippen molar-refractivity contribution in [2.45, 2.75) is 18.2 Å². The van der Waals surface area contributed by atoms with E-state index in [0.29, 0.717) is 11.4 Å². The van der Waals surface area contributed by atoms with Crippen molar-refractivity contribution in [3.05, 3.63) is 81.6 Å². The molecule has 31 heavy (non-hydrogen) atoms. The lowest BCUT2D eigenvalue weighted by atomic mass is 10.1. The number of thiazole rings is 1. The molecule has 1 N–H and O–H groups in total. The molecular weight excluding hydrogens is 428 g/mol. The molecule has 0 aliphatic heterocycles. The molecule has 2 aromatic carbocycles. The molecule has 8 heteroatoms. The molecule has 0 fully saturated rings. The Labute approximate surface area is 188 Å². The van der Waals surface area contributed by atoms with E-state index in [-0.39, 0.29) is 17.2 Å². The van der Waals surface area contributed by atoms with Gasteiger partial charge in [0.2, 0.25) is 5.91 Å². The Kier molecular flexibility index (Phi) is 6.11. The van der Waals surface area contributed by atoms with Crippen LogP contribution in [-0.2, 0) is 11.8 Å². The molecule has 0 spiro atoms. The summed E-state index contributed by atoms with van der Waals surface area (Å²) in [5.74, 6) is -0.0527. The van der Waals surface area contributed by atoms with Crippen molar-refractivity contribution in [3.63, 3.8) is 0 Å². The number of anilines is 1. The summed E-state index contributed by atoms with van der Waals surface area (Å²) < 4.78 is 4.11. The van der Waals surface area contributed by atoms with Crippen LogP contribution < -0.4 is 10.9 Å². The maximum atomic E-state index is 12.9. The van der Waals surface area contributed by atoms with E-state index in [1.165, 1.54) is 28.7 Å². The molecule has 2 heterocycles. The largest absolute Gasteiger partial charge is 0.319 e. The number of benzene rings is 2. The van der Waals surface area contributed by atoms with Crippen molar-refractivity contribution in [2.75, 3.05) is 11.1 Å². The summed E-state index contributed by atoms with van der Waals surface area (Å²) in [6.07, 6.45) is 0. The Morgan fingerprint density at radius 2 is 1.81 bits per heavy atom. The van der Waals surface area contributed by atoms with Gasteiger partial charge in [-0.25, -0.2) is 9.67 Å². The van der Waals surface area contributed by atoms with Crippen molar-refractivity contribution < 1.29 is 4.79 Å². The van der Waals surface area contributed by atoms with Crippen LogP contribution in [0.2, 0.25) is 0 Å². The molecule has 2 aromatic heterocycles. The quantitative estimate of drug-likeness (QED) is 0.434. The minimum Gasteiger partial charge on any atom is -0.319 e. The Balaban J connectivity index is 1.44. The van der Waals surface area contributed by atoms with Crippen LogP contribution >= 0.6 is 23.1 Å². The summed E-state index contributed by atoms with van der Waals surface area (Å²) in [5.41, 5.74) is 4.66. The lowest BCUT2D eigenvalue weighted by molar-refractivity contribution is -0.113. The smallest absolute Gasteiger partial charge is 0.295 e. The maximum Gasteiger partial charge on any atom is 0.295 e. The summed E-state index contributed by atoms with van der Waals surface area (Å²) in [6.45, 7) is 3.87. The fourth-order valence-electron chi connectivity index (χ4n) is 3.20. The Morgan fingerprint density at radius 1 is 1.10 bits per heavy atom. The Morgan fingerprint density at radius 3 is 2.52 bits per heavy atom. The number of nitrogens with zero attached hydrogens (tertiary/aromatic N) is 3. The molecule has 0 radical (unpaired) electrons. The van der Waals surface area contributed by atoms with Gasteiger partial charge < -0.3 is 5.32 Å². The van der Waals surface area contributed by atoms with Gasteiger partial charge in [0.1, 0.15) is 5.69 Å². The first-order valence-corrected chi connectivity index (χ1v) is 11.6. The third-order valence-electron chi connectivity index (χ3n) is 4.98. The lowest BCUT2D eigenvalue weighted by Gasteiger charge is -2.07. The monoisotopic (exact) mass is 450 g/mol. The number of rotatable bonds is 6. The van der Waals surface area contributed by atoms with Crippen LogP contribution in [0.3, 0.4) is 0 Å². The number of aromatic nitrogens is 3. The molecule has 0 unspecified atom stereocenters. The van der Waals surface area contributed by atoms with Crippen LogP contribution in [-0.4, -0.2) is 26.0 Å². The first kappa shape index (κ1) is 21.1. The summed E-state index contributed by atoms with van der Waals surface area (Å²) in [5, 5.41) is 4.78. The molecule has 1 amide bonds. The number of hydrogen-bond acceptors (Lipinski definition) is 5. The topological polar surface area (TPSA) is 68.9 Å². The summed E-state index contributed by atoms with van der Waals surface area (Å²) >= 11 is 2.87. The molecule has 4 aromatic rings. The minimum atomic E-state index is -0.250. The summed E-state index contributed by atoms with van der Waals surface area (Å²) in [6, 6.07) is 17.6. The Bertz CT molecular complexity index is 1270. The van der Waals surface area contributed by atoms with E-state index in [0.717, 1.165) is 21.3 Å². The average molecular weight is 451 g/mol. The van der Waals surface area contributed by atoms with E-state index < -0.39 is 0 Å². The second-order valence-corrected chi connectivity index (χ2v) is 9.22. The van der Waals surface area contributed by atoms with Crippen LogP contribution in [0.4, 0.5) is 5.69 Å². The standard InChI is InChI=1S/C23H22N4O2S2/c1-15-9-11-17(12-10-15)19-13-30-23(24-19)31-14-20(28)25-21-16(2)26(3)27(22(21)29)18-7-5-4-6-8-18/h4-13H,14H2,1-3H3,(H,25,28). The predicted molar refractivity (Wildman–Crippen MR) is 127 cm³/mol. The molecular formula is C23H22N4O2S2. The van der Waals surface area contributed by atoms with Crippen LogP contribution in [0.15, 0.2) is 69.1 Å². The zero-order valence-corrected chi connectivity index (χ0v) is 19.1. The number of nitrogens with one attached hydrogen (secondary N) is 1. The Hall–Kier alpha value is -3.10. The maximum absolute atomic E-state index is 12.9. The first-order chi connectivity index (χ1) is 14.9. The lowest BCUT2D eigenvalue weighted by Crippen LogP contribution is -2.23. The van der Waals surface area contributed by atoms with Gasteiger partial charge in [0, 0.05) is 18.0 Å². The van der Waals surface area contributed by atoms with Gasteiger partial charge in [-0.15, -0.1) is 11.3 Å². The normalized spacial score (nSPS) is 10.9. The molecule has 0 aliphatic rings. The molecule has 4 rings (SSSR count). The highest BCUT2D eigenvalue weighted by molar-refractivity contribution is 8.01. The summed E-state index contributed by atoms with van der Waals surface area (Å²) in [7, 11) is 1.80. The van der Waals surface area contributed by atoms with E-state index in [2.05, 4.69) is 22.4 Å². The molecule has 0 aliphatic carbocycles. The van der Waals surface area contributed by atoms with Gasteiger partial charge in [-0.05, 0) is 26.0 Å². The van der Waals surface area contributed by atoms with Gasteiger partial charge in [0.05, 0.1) is 22.8 Å². The van der Waals surface area contributed by atoms with Gasteiger partial charge in [0.15, 0.2) is 4.34 Å². The SMILES string of the molecule is Cc1ccc(-c2csc(SCC(=O)Nc3c(C)n(C)n(-c4ccccc4)c3=O)n2)cc1. The van der Waals surface area contributed by atoms with E-state index >= 15 is 0 Å². The van der Waals surface area contributed by atoms with Crippen LogP contribution in [0.1, 0.15) is 11.3 Å². The van der Waals surface area contributed by atoms with Gasteiger partial charge in [0.25, 0.3) is 5.56 Å². The number of hydrogen-bond donors (Lipinski definition) is 1. The van der Waals surface area contributed by atoms with E-state index in [4.69, 9.17) is 0 Å². The van der Waals surface area contributed by atoms with Crippen molar-refractivity contribution in [2.24, 2.45) is 7.05 Å². The molecule has 0 atom stereocenters. The molecule has 6 nitrogen and oxygen atoms in total. The molecule has 0 saturated heterocycles. The number of thioether (sulfide) groups is 1. The van der Waals surface area contributed by atoms with Gasteiger partial charge >= 0.3 is 0 Å². The summed E-state index contributed by atoms with van der Waals surface area (Å²) in [4.78, 5) is 30.1.